The molecule has 0 saturated heterocycles. The quantitative estimate of drug-likeness (QED) is 0.562. The number of nitrogens with one attached hydrogen (secondary N) is 1. The maximum Gasteiger partial charge on any atom is 0.139 e. The third-order valence-corrected chi connectivity index (χ3v) is 4.01. The number of hydrogen-bond donors (Lipinski definition) is 2. The van der Waals surface area contributed by atoms with Gasteiger partial charge in [0.25, 0.3) is 0 Å². The highest BCUT2D eigenvalue weighted by molar-refractivity contribution is 6.34. The summed E-state index contributed by atoms with van der Waals surface area (Å²) in [5.74, 6) is 0.499. The van der Waals surface area contributed by atoms with Crippen LogP contribution in [-0.4, -0.2) is 30.9 Å². The second kappa shape index (κ2) is 8.64. The van der Waals surface area contributed by atoms with Crippen molar-refractivity contribution in [3.63, 3.8) is 0 Å². The summed E-state index contributed by atoms with van der Waals surface area (Å²) in [7, 11) is 0. The van der Waals surface area contributed by atoms with Crippen LogP contribution < -0.4 is 10.1 Å². The lowest BCUT2D eigenvalue weighted by atomic mass is 10.2. The van der Waals surface area contributed by atoms with Crippen LogP contribution in [0.4, 0.5) is 0 Å². The second-order valence-corrected chi connectivity index (χ2v) is 6.09. The van der Waals surface area contributed by atoms with Crippen molar-refractivity contribution in [3.05, 3.63) is 39.9 Å². The molecule has 0 fully saturated rings. The smallest absolute Gasteiger partial charge is 0.139 e. The van der Waals surface area contributed by atoms with Crippen LogP contribution in [0, 0.1) is 0 Å². The van der Waals surface area contributed by atoms with E-state index in [1.54, 1.807) is 18.2 Å². The third kappa shape index (κ3) is 5.87. The molecule has 0 aliphatic heterocycles. The van der Waals surface area contributed by atoms with Gasteiger partial charge in [-0.2, -0.15) is 0 Å². The van der Waals surface area contributed by atoms with Gasteiger partial charge in [0.1, 0.15) is 18.5 Å². The van der Waals surface area contributed by atoms with Crippen molar-refractivity contribution in [3.8, 4) is 5.75 Å². The first-order valence-corrected chi connectivity index (χ1v) is 8.05. The molecule has 0 aromatic heterocycles. The normalized spacial score (nSPS) is 15.9. The first-order valence-electron chi connectivity index (χ1n) is 7.29. The third-order valence-electron chi connectivity index (χ3n) is 3.46. The van der Waals surface area contributed by atoms with E-state index in [0.717, 1.165) is 13.0 Å². The van der Waals surface area contributed by atoms with E-state index in [2.05, 4.69) is 11.4 Å². The zero-order valence-corrected chi connectivity index (χ0v) is 13.5. The van der Waals surface area contributed by atoms with E-state index in [-0.39, 0.29) is 6.61 Å². The van der Waals surface area contributed by atoms with Gasteiger partial charge in [-0.15, -0.1) is 0 Å². The molecular formula is C16H21Cl2NO2. The van der Waals surface area contributed by atoms with Crippen LogP contribution in [0.2, 0.25) is 10.0 Å². The van der Waals surface area contributed by atoms with Crippen molar-refractivity contribution >= 4 is 23.2 Å². The number of allylic oxidation sites excluding steroid dienone is 1. The van der Waals surface area contributed by atoms with Crippen LogP contribution in [0.3, 0.4) is 0 Å². The average Bonchev–Trinajstić information content (AvgIpc) is 2.98. The summed E-state index contributed by atoms with van der Waals surface area (Å²) < 4.78 is 5.49. The van der Waals surface area contributed by atoms with E-state index in [4.69, 9.17) is 27.9 Å². The molecule has 1 aromatic rings. The highest BCUT2D eigenvalue weighted by Gasteiger charge is 2.09. The molecule has 0 amide bonds. The Morgan fingerprint density at radius 1 is 1.33 bits per heavy atom. The van der Waals surface area contributed by atoms with Gasteiger partial charge in [-0.05, 0) is 44.4 Å². The first kappa shape index (κ1) is 16.6. The Labute approximate surface area is 135 Å². The molecular weight excluding hydrogens is 309 g/mol. The van der Waals surface area contributed by atoms with Crippen molar-refractivity contribution < 1.29 is 9.84 Å². The number of hydrogen-bond acceptors (Lipinski definition) is 3. The van der Waals surface area contributed by atoms with Gasteiger partial charge in [0, 0.05) is 17.6 Å². The van der Waals surface area contributed by atoms with Crippen molar-refractivity contribution in [2.45, 2.75) is 31.8 Å². The number of benzene rings is 1. The maximum atomic E-state index is 9.88. The Hall–Kier alpha value is -0.740. The van der Waals surface area contributed by atoms with Gasteiger partial charge < -0.3 is 15.2 Å². The summed E-state index contributed by atoms with van der Waals surface area (Å²) >= 11 is 11.9. The van der Waals surface area contributed by atoms with Gasteiger partial charge in [0.15, 0.2) is 0 Å². The number of aliphatic hydroxyl groups is 1. The van der Waals surface area contributed by atoms with E-state index in [1.165, 1.54) is 24.8 Å². The molecule has 1 unspecified atom stereocenters. The van der Waals surface area contributed by atoms with Gasteiger partial charge in [-0.3, -0.25) is 0 Å². The fourth-order valence-corrected chi connectivity index (χ4v) is 2.65. The maximum absolute atomic E-state index is 9.88. The van der Waals surface area contributed by atoms with Gasteiger partial charge in [0.05, 0.1) is 5.02 Å². The molecule has 116 valence electrons. The molecule has 1 aromatic carbocycles. The van der Waals surface area contributed by atoms with Crippen molar-refractivity contribution in [2.75, 3.05) is 19.7 Å². The molecule has 0 radical (unpaired) electrons. The lowest BCUT2D eigenvalue weighted by Crippen LogP contribution is -2.32. The zero-order valence-electron chi connectivity index (χ0n) is 11.9. The minimum Gasteiger partial charge on any atom is -0.489 e. The van der Waals surface area contributed by atoms with Crippen molar-refractivity contribution in [1.82, 2.24) is 5.32 Å². The largest absolute Gasteiger partial charge is 0.489 e. The summed E-state index contributed by atoms with van der Waals surface area (Å²) in [4.78, 5) is 0. The monoisotopic (exact) mass is 329 g/mol. The molecule has 2 N–H and O–H groups in total. The van der Waals surface area contributed by atoms with Crippen LogP contribution in [0.15, 0.2) is 29.8 Å². The molecule has 21 heavy (non-hydrogen) atoms. The predicted molar refractivity (Wildman–Crippen MR) is 87.4 cm³/mol. The van der Waals surface area contributed by atoms with Gasteiger partial charge >= 0.3 is 0 Å². The summed E-state index contributed by atoms with van der Waals surface area (Å²) in [5.41, 5.74) is 1.53. The summed E-state index contributed by atoms with van der Waals surface area (Å²) in [5, 5.41) is 14.2. The SMILES string of the molecule is OC(CNCCC1=CCCC1)COc1cc(Cl)ccc1Cl. The van der Waals surface area contributed by atoms with Crippen LogP contribution in [-0.2, 0) is 0 Å². The topological polar surface area (TPSA) is 41.5 Å². The minimum atomic E-state index is -0.572. The van der Waals surface area contributed by atoms with Crippen LogP contribution in [0.5, 0.6) is 5.75 Å². The Balaban J connectivity index is 1.62. The number of rotatable bonds is 8. The van der Waals surface area contributed by atoms with E-state index >= 15 is 0 Å². The molecule has 0 heterocycles. The minimum absolute atomic E-state index is 0.190. The highest BCUT2D eigenvalue weighted by Crippen LogP contribution is 2.27. The fraction of sp³-hybridized carbons (Fsp3) is 0.500. The molecule has 0 saturated carbocycles. The molecule has 2 rings (SSSR count). The Morgan fingerprint density at radius 3 is 2.95 bits per heavy atom. The van der Waals surface area contributed by atoms with Crippen LogP contribution in [0.1, 0.15) is 25.7 Å². The number of ether oxygens (including phenoxy) is 1. The molecule has 1 aliphatic carbocycles. The summed E-state index contributed by atoms with van der Waals surface area (Å²) in [6.07, 6.45) is 6.53. The lowest BCUT2D eigenvalue weighted by Gasteiger charge is -2.14. The van der Waals surface area contributed by atoms with Crippen LogP contribution in [0.25, 0.3) is 0 Å². The Kier molecular flexibility index (Phi) is 6.84. The molecule has 5 heteroatoms. The Morgan fingerprint density at radius 2 is 2.19 bits per heavy atom. The van der Waals surface area contributed by atoms with E-state index in [0.29, 0.717) is 22.3 Å². The molecule has 1 aliphatic rings. The average molecular weight is 330 g/mol. The second-order valence-electron chi connectivity index (χ2n) is 5.25. The fourth-order valence-electron chi connectivity index (χ4n) is 2.31. The molecule has 0 spiro atoms. The standard InChI is InChI=1S/C16H21Cl2NO2/c17-13-5-6-15(18)16(9-13)21-11-14(20)10-19-8-7-12-3-1-2-4-12/h3,5-6,9,14,19-20H,1-2,4,7-8,10-11H2. The van der Waals surface area contributed by atoms with E-state index < -0.39 is 6.10 Å². The first-order chi connectivity index (χ1) is 10.1. The molecule has 1 atom stereocenters. The van der Waals surface area contributed by atoms with Crippen molar-refractivity contribution in [2.24, 2.45) is 0 Å². The van der Waals surface area contributed by atoms with Crippen molar-refractivity contribution in [1.29, 1.82) is 0 Å². The lowest BCUT2D eigenvalue weighted by molar-refractivity contribution is 0.107. The zero-order chi connectivity index (χ0) is 15.1. The molecule has 0 bridgehead atoms. The summed E-state index contributed by atoms with van der Waals surface area (Å²) in [6, 6.07) is 5.03. The van der Waals surface area contributed by atoms with Crippen LogP contribution >= 0.6 is 23.2 Å². The van der Waals surface area contributed by atoms with E-state index in [1.807, 2.05) is 0 Å². The summed E-state index contributed by atoms with van der Waals surface area (Å²) in [6.45, 7) is 1.59. The Bertz CT molecular complexity index is 491. The highest BCUT2D eigenvalue weighted by atomic mass is 35.5. The van der Waals surface area contributed by atoms with Gasteiger partial charge in [-0.1, -0.05) is 34.9 Å². The molecule has 3 nitrogen and oxygen atoms in total. The number of halogens is 2. The van der Waals surface area contributed by atoms with Gasteiger partial charge in [0.2, 0.25) is 0 Å². The van der Waals surface area contributed by atoms with E-state index in [9.17, 15) is 5.11 Å². The van der Waals surface area contributed by atoms with Gasteiger partial charge in [-0.25, -0.2) is 0 Å². The predicted octanol–water partition coefficient (Wildman–Crippen LogP) is 3.82. The number of aliphatic hydroxyl groups excluding tert-OH is 1.